The van der Waals surface area contributed by atoms with Crippen LogP contribution in [-0.2, 0) is 4.79 Å². The van der Waals surface area contributed by atoms with Gasteiger partial charge in [0.25, 0.3) is 5.56 Å². The van der Waals surface area contributed by atoms with Crippen molar-refractivity contribution in [2.24, 2.45) is 0 Å². The van der Waals surface area contributed by atoms with Gasteiger partial charge in [0, 0.05) is 0 Å². The number of carbonyl (C=O) groups excluding carboxylic acids is 1. The van der Waals surface area contributed by atoms with Gasteiger partial charge in [0.2, 0.25) is 0 Å². The van der Waals surface area contributed by atoms with Gasteiger partial charge in [-0.3, -0.25) is 14.6 Å². The topological polar surface area (TPSA) is 88.6 Å². The number of aromatic amines is 1. The Kier molecular flexibility index (Phi) is 3.29. The van der Waals surface area contributed by atoms with Crippen molar-refractivity contribution in [2.45, 2.75) is 5.16 Å². The van der Waals surface area contributed by atoms with Gasteiger partial charge in [0.05, 0.1) is 11.9 Å². The molecule has 0 saturated heterocycles. The average molecular weight is 248 g/mol. The highest BCUT2D eigenvalue weighted by Gasteiger charge is 2.06. The van der Waals surface area contributed by atoms with Crippen LogP contribution >= 0.6 is 11.8 Å². The van der Waals surface area contributed by atoms with E-state index in [0.29, 0.717) is 22.8 Å². The number of thioether (sulfide) groups is 1. The Bertz CT molecular complexity index is 650. The van der Waals surface area contributed by atoms with Crippen molar-refractivity contribution in [1.29, 1.82) is 0 Å². The molecule has 6 nitrogen and oxygen atoms in total. The molecule has 0 aliphatic carbocycles. The van der Waals surface area contributed by atoms with Gasteiger partial charge < -0.3 is 0 Å². The second-order valence-corrected chi connectivity index (χ2v) is 3.83. The summed E-state index contributed by atoms with van der Waals surface area (Å²) >= 11 is 1.32. The highest BCUT2D eigenvalue weighted by molar-refractivity contribution is 7.98. The van der Waals surface area contributed by atoms with Crippen LogP contribution in [0.3, 0.4) is 0 Å². The van der Waals surface area contributed by atoms with E-state index in [1.54, 1.807) is 6.26 Å². The zero-order valence-electron chi connectivity index (χ0n) is 8.88. The molecule has 0 fully saturated rings. The van der Waals surface area contributed by atoms with Gasteiger partial charge >= 0.3 is 0 Å². The maximum absolute atomic E-state index is 11.7. The second-order valence-electron chi connectivity index (χ2n) is 3.04. The van der Waals surface area contributed by atoms with E-state index in [0.717, 1.165) is 0 Å². The molecule has 2 aromatic heterocycles. The number of carbonyl (C=O) groups is 1. The Morgan fingerprint density at radius 2 is 2.24 bits per heavy atom. The molecule has 17 heavy (non-hydrogen) atoms. The first-order valence-corrected chi connectivity index (χ1v) is 5.90. The number of fused-ring (bicyclic) bond motifs is 1. The summed E-state index contributed by atoms with van der Waals surface area (Å²) in [6.45, 7) is 0. The van der Waals surface area contributed by atoms with Crippen LogP contribution < -0.4 is 5.56 Å². The number of allylic oxidation sites excluding steroid dienone is 1. The largest absolute Gasteiger partial charge is 0.299 e. The summed E-state index contributed by atoms with van der Waals surface area (Å²) in [5, 5.41) is 0.494. The lowest BCUT2D eigenvalue weighted by Gasteiger charge is -1.99. The Labute approximate surface area is 100 Å². The minimum absolute atomic E-state index is 0.163. The van der Waals surface area contributed by atoms with Crippen LogP contribution in [-0.4, -0.2) is 32.5 Å². The molecule has 1 N–H and O–H groups in total. The van der Waals surface area contributed by atoms with E-state index >= 15 is 0 Å². The summed E-state index contributed by atoms with van der Waals surface area (Å²) in [5.74, 6) is 0. The molecule has 0 radical (unpaired) electrons. The molecule has 0 saturated carbocycles. The Balaban J connectivity index is 2.62. The first-order chi connectivity index (χ1) is 8.24. The molecule has 0 aliphatic heterocycles. The van der Waals surface area contributed by atoms with Crippen molar-refractivity contribution >= 4 is 35.3 Å². The standard InChI is InChI=1S/C10H8N4O2S/c1-17-10-13-8-7(9(16)14-10)12-6(5-11-8)3-2-4-15/h2-5H,1H3,(H,11,13,14,16)/b3-2+. The average Bonchev–Trinajstić information content (AvgIpc) is 2.36. The third-order valence-corrected chi connectivity index (χ3v) is 2.53. The van der Waals surface area contributed by atoms with Crippen molar-refractivity contribution in [3.8, 4) is 0 Å². The fourth-order valence-corrected chi connectivity index (χ4v) is 1.60. The lowest BCUT2D eigenvalue weighted by Crippen LogP contribution is -2.12. The summed E-state index contributed by atoms with van der Waals surface area (Å²) < 4.78 is 0. The molecular weight excluding hydrogens is 240 g/mol. The van der Waals surface area contributed by atoms with Crippen molar-refractivity contribution in [2.75, 3.05) is 6.26 Å². The highest BCUT2D eigenvalue weighted by atomic mass is 32.2. The van der Waals surface area contributed by atoms with Crippen LogP contribution in [0.5, 0.6) is 0 Å². The second kappa shape index (κ2) is 4.88. The van der Waals surface area contributed by atoms with Gasteiger partial charge in [-0.1, -0.05) is 11.8 Å². The zero-order valence-corrected chi connectivity index (χ0v) is 9.69. The molecule has 86 valence electrons. The van der Waals surface area contributed by atoms with Crippen LogP contribution in [0.1, 0.15) is 5.69 Å². The smallest absolute Gasteiger partial charge is 0.279 e. The number of nitrogens with zero attached hydrogens (tertiary/aromatic N) is 3. The molecule has 2 rings (SSSR count). The predicted molar refractivity (Wildman–Crippen MR) is 64.8 cm³/mol. The molecule has 0 spiro atoms. The predicted octanol–water partition coefficient (Wildman–Crippen LogP) is 0.647. The van der Waals surface area contributed by atoms with Crippen molar-refractivity contribution in [3.63, 3.8) is 0 Å². The molecule has 7 heteroatoms. The van der Waals surface area contributed by atoms with Crippen molar-refractivity contribution < 1.29 is 4.79 Å². The fraction of sp³-hybridized carbons (Fsp3) is 0.100. The Morgan fingerprint density at radius 3 is 2.94 bits per heavy atom. The molecule has 0 aliphatic rings. The normalized spacial score (nSPS) is 11.1. The third kappa shape index (κ3) is 2.39. The quantitative estimate of drug-likeness (QED) is 0.371. The van der Waals surface area contributed by atoms with Crippen LogP contribution in [0.4, 0.5) is 0 Å². The van der Waals surface area contributed by atoms with E-state index in [4.69, 9.17) is 0 Å². The van der Waals surface area contributed by atoms with Crippen molar-refractivity contribution in [1.82, 2.24) is 19.9 Å². The molecule has 0 bridgehead atoms. The van der Waals surface area contributed by atoms with Crippen LogP contribution in [0.2, 0.25) is 0 Å². The minimum Gasteiger partial charge on any atom is -0.299 e. The number of aromatic nitrogens is 4. The lowest BCUT2D eigenvalue weighted by molar-refractivity contribution is -0.104. The summed E-state index contributed by atoms with van der Waals surface area (Å²) in [6.07, 6.45) is 6.65. The van der Waals surface area contributed by atoms with Crippen LogP contribution in [0.15, 0.2) is 22.2 Å². The van der Waals surface area contributed by atoms with Gasteiger partial charge in [0.1, 0.15) is 6.29 Å². The Hall–Kier alpha value is -2.02. The van der Waals surface area contributed by atoms with Gasteiger partial charge in [-0.2, -0.15) is 0 Å². The van der Waals surface area contributed by atoms with E-state index in [2.05, 4.69) is 19.9 Å². The molecule has 2 heterocycles. The molecule has 0 unspecified atom stereocenters. The van der Waals surface area contributed by atoms with Gasteiger partial charge in [-0.05, 0) is 18.4 Å². The molecule has 0 amide bonds. The third-order valence-electron chi connectivity index (χ3n) is 1.95. The van der Waals surface area contributed by atoms with E-state index in [1.807, 2.05) is 0 Å². The highest BCUT2D eigenvalue weighted by Crippen LogP contribution is 2.09. The van der Waals surface area contributed by atoms with Gasteiger partial charge in [-0.15, -0.1) is 0 Å². The molecule has 0 atom stereocenters. The maximum Gasteiger partial charge on any atom is 0.279 e. The summed E-state index contributed by atoms with van der Waals surface area (Å²) in [6, 6.07) is 0. The van der Waals surface area contributed by atoms with E-state index in [-0.39, 0.29) is 11.1 Å². The zero-order chi connectivity index (χ0) is 12.3. The Morgan fingerprint density at radius 1 is 1.41 bits per heavy atom. The van der Waals surface area contributed by atoms with Gasteiger partial charge in [-0.25, -0.2) is 15.0 Å². The number of nitrogens with one attached hydrogen (secondary N) is 1. The summed E-state index contributed by atoms with van der Waals surface area (Å²) in [4.78, 5) is 36.6. The number of aldehydes is 1. The number of hydrogen-bond donors (Lipinski definition) is 1. The molecule has 2 aromatic rings. The summed E-state index contributed by atoms with van der Waals surface area (Å²) in [7, 11) is 0. The minimum atomic E-state index is -0.340. The van der Waals surface area contributed by atoms with Crippen LogP contribution in [0.25, 0.3) is 17.2 Å². The fourth-order valence-electron chi connectivity index (χ4n) is 1.23. The molecular formula is C10H8N4O2S. The monoisotopic (exact) mass is 248 g/mol. The lowest BCUT2D eigenvalue weighted by atomic mass is 10.4. The summed E-state index contributed by atoms with van der Waals surface area (Å²) in [5.41, 5.74) is 0.555. The molecule has 0 aromatic carbocycles. The number of H-pyrrole nitrogens is 1. The van der Waals surface area contributed by atoms with E-state index in [9.17, 15) is 9.59 Å². The first kappa shape index (κ1) is 11.5. The maximum atomic E-state index is 11.7. The SMILES string of the molecule is CSc1nc2ncc(/C=C/C=O)nc2c(=O)[nH]1. The van der Waals surface area contributed by atoms with E-state index in [1.165, 1.54) is 30.1 Å². The van der Waals surface area contributed by atoms with Crippen molar-refractivity contribution in [3.05, 3.63) is 28.3 Å². The number of hydrogen-bond acceptors (Lipinski definition) is 6. The first-order valence-electron chi connectivity index (χ1n) is 4.67. The van der Waals surface area contributed by atoms with Crippen LogP contribution in [0, 0.1) is 0 Å². The number of rotatable bonds is 3. The van der Waals surface area contributed by atoms with Gasteiger partial charge in [0.15, 0.2) is 16.3 Å². The van der Waals surface area contributed by atoms with E-state index < -0.39 is 0 Å².